The molecular weight excluding hydrogens is 292 g/mol. The lowest BCUT2D eigenvalue weighted by Gasteiger charge is -2.27. The van der Waals surface area contributed by atoms with Crippen molar-refractivity contribution in [1.29, 1.82) is 0 Å². The number of hydrogen-bond acceptors (Lipinski definition) is 4. The Kier molecular flexibility index (Phi) is 4.37. The summed E-state index contributed by atoms with van der Waals surface area (Å²) in [5.74, 6) is -0.175. The summed E-state index contributed by atoms with van der Waals surface area (Å²) in [7, 11) is 1.92. The molecule has 124 valence electrons. The smallest absolute Gasteiger partial charge is 0.227 e. The molecule has 1 atom stereocenters. The minimum absolute atomic E-state index is 0.000802. The van der Waals surface area contributed by atoms with Crippen LogP contribution in [0.15, 0.2) is 24.3 Å². The number of carbonyl (C=O) groups excluding carboxylic acids is 1. The predicted molar refractivity (Wildman–Crippen MR) is 89.1 cm³/mol. The van der Waals surface area contributed by atoms with Crippen molar-refractivity contribution in [3.63, 3.8) is 0 Å². The SMILES string of the molecule is Cn1nc(C(C)(C)NC(=O)C2CNCCOC2)c2ccccc21. The van der Waals surface area contributed by atoms with Crippen LogP contribution in [-0.4, -0.2) is 42.0 Å². The van der Waals surface area contributed by atoms with Crippen molar-refractivity contribution in [3.05, 3.63) is 30.0 Å². The third-order valence-electron chi connectivity index (χ3n) is 4.29. The first-order chi connectivity index (χ1) is 11.0. The number of nitrogens with zero attached hydrogens (tertiary/aromatic N) is 2. The van der Waals surface area contributed by atoms with Crippen LogP contribution in [0, 0.1) is 5.92 Å². The van der Waals surface area contributed by atoms with E-state index in [0.717, 1.165) is 23.1 Å². The van der Waals surface area contributed by atoms with E-state index in [4.69, 9.17) is 4.74 Å². The predicted octanol–water partition coefficient (Wildman–Crippen LogP) is 1.16. The van der Waals surface area contributed by atoms with Gasteiger partial charge in [0.1, 0.15) is 0 Å². The van der Waals surface area contributed by atoms with E-state index in [9.17, 15) is 4.79 Å². The van der Waals surface area contributed by atoms with Gasteiger partial charge in [0.2, 0.25) is 5.91 Å². The normalized spacial score (nSPS) is 19.5. The van der Waals surface area contributed by atoms with Gasteiger partial charge in [-0.3, -0.25) is 9.48 Å². The van der Waals surface area contributed by atoms with Crippen LogP contribution in [0.3, 0.4) is 0 Å². The Morgan fingerprint density at radius 2 is 2.22 bits per heavy atom. The molecule has 23 heavy (non-hydrogen) atoms. The lowest BCUT2D eigenvalue weighted by molar-refractivity contribution is -0.128. The van der Waals surface area contributed by atoms with E-state index in [0.29, 0.717) is 19.8 Å². The van der Waals surface area contributed by atoms with Gasteiger partial charge in [0.25, 0.3) is 0 Å². The first kappa shape index (κ1) is 16.0. The van der Waals surface area contributed by atoms with Crippen LogP contribution in [0.4, 0.5) is 0 Å². The van der Waals surface area contributed by atoms with Crippen molar-refractivity contribution in [2.75, 3.05) is 26.3 Å². The molecule has 2 aromatic rings. The van der Waals surface area contributed by atoms with Gasteiger partial charge in [0, 0.05) is 25.5 Å². The maximum Gasteiger partial charge on any atom is 0.227 e. The average molecular weight is 316 g/mol. The Hall–Kier alpha value is -1.92. The number of nitrogens with one attached hydrogen (secondary N) is 2. The second-order valence-electron chi connectivity index (χ2n) is 6.58. The molecule has 1 aliphatic heterocycles. The summed E-state index contributed by atoms with van der Waals surface area (Å²) in [5, 5.41) is 12.1. The molecule has 1 aliphatic rings. The van der Waals surface area contributed by atoms with E-state index < -0.39 is 5.54 Å². The third-order valence-corrected chi connectivity index (χ3v) is 4.29. The molecule has 0 radical (unpaired) electrons. The van der Waals surface area contributed by atoms with Crippen LogP contribution in [0.1, 0.15) is 19.5 Å². The van der Waals surface area contributed by atoms with E-state index in [1.807, 2.05) is 49.8 Å². The van der Waals surface area contributed by atoms with Crippen molar-refractivity contribution in [3.8, 4) is 0 Å². The quantitative estimate of drug-likeness (QED) is 0.892. The highest BCUT2D eigenvalue weighted by Crippen LogP contribution is 2.27. The van der Waals surface area contributed by atoms with Gasteiger partial charge >= 0.3 is 0 Å². The summed E-state index contributed by atoms with van der Waals surface area (Å²) in [6.45, 7) is 6.52. The number of benzene rings is 1. The number of rotatable bonds is 3. The maximum atomic E-state index is 12.6. The zero-order valence-electron chi connectivity index (χ0n) is 13.9. The number of aromatic nitrogens is 2. The Bertz CT molecular complexity index is 700. The molecule has 1 fully saturated rings. The number of carbonyl (C=O) groups is 1. The van der Waals surface area contributed by atoms with Crippen molar-refractivity contribution in [2.45, 2.75) is 19.4 Å². The molecule has 0 saturated carbocycles. The fourth-order valence-electron chi connectivity index (χ4n) is 3.02. The van der Waals surface area contributed by atoms with Crippen LogP contribution in [0.25, 0.3) is 10.9 Å². The minimum Gasteiger partial charge on any atom is -0.379 e. The molecule has 6 nitrogen and oxygen atoms in total. The van der Waals surface area contributed by atoms with Crippen molar-refractivity contribution < 1.29 is 9.53 Å². The molecule has 6 heteroatoms. The fraction of sp³-hybridized carbons (Fsp3) is 0.529. The van der Waals surface area contributed by atoms with E-state index in [1.165, 1.54) is 0 Å². The summed E-state index contributed by atoms with van der Waals surface area (Å²) in [4.78, 5) is 12.6. The highest BCUT2D eigenvalue weighted by molar-refractivity contribution is 5.85. The summed E-state index contributed by atoms with van der Waals surface area (Å²) in [6, 6.07) is 8.07. The van der Waals surface area contributed by atoms with Gasteiger partial charge in [0.15, 0.2) is 0 Å². The molecule has 1 saturated heterocycles. The van der Waals surface area contributed by atoms with Crippen LogP contribution >= 0.6 is 0 Å². The van der Waals surface area contributed by atoms with Gasteiger partial charge in [-0.15, -0.1) is 0 Å². The molecule has 0 bridgehead atoms. The molecular formula is C17H24N4O2. The first-order valence-electron chi connectivity index (χ1n) is 8.02. The second kappa shape index (κ2) is 6.29. The molecule has 1 aromatic carbocycles. The number of para-hydroxylation sites is 1. The van der Waals surface area contributed by atoms with E-state index in [1.54, 1.807) is 0 Å². The number of fused-ring (bicyclic) bond motifs is 1. The van der Waals surface area contributed by atoms with Crippen molar-refractivity contribution >= 4 is 16.8 Å². The third kappa shape index (κ3) is 3.23. The Morgan fingerprint density at radius 1 is 1.43 bits per heavy atom. The molecule has 0 aliphatic carbocycles. The Labute approximate surface area is 136 Å². The molecule has 1 amide bonds. The van der Waals surface area contributed by atoms with Crippen LogP contribution < -0.4 is 10.6 Å². The summed E-state index contributed by atoms with van der Waals surface area (Å²) >= 11 is 0. The molecule has 1 unspecified atom stereocenters. The van der Waals surface area contributed by atoms with Crippen molar-refractivity contribution in [2.24, 2.45) is 13.0 Å². The standard InChI is InChI=1S/C17H24N4O2/c1-17(2,19-16(22)12-10-18-8-9-23-11-12)15-13-6-4-5-7-14(13)21(3)20-15/h4-7,12,18H,8-11H2,1-3H3,(H,19,22). The zero-order chi connectivity index (χ0) is 16.4. The minimum atomic E-state index is -0.551. The molecule has 3 rings (SSSR count). The summed E-state index contributed by atoms with van der Waals surface area (Å²) in [5.41, 5.74) is 1.39. The van der Waals surface area contributed by atoms with Crippen LogP contribution in [0.2, 0.25) is 0 Å². The van der Waals surface area contributed by atoms with Crippen molar-refractivity contribution in [1.82, 2.24) is 20.4 Å². The highest BCUT2D eigenvalue weighted by Gasteiger charge is 2.31. The molecule has 2 heterocycles. The monoisotopic (exact) mass is 316 g/mol. The van der Waals surface area contributed by atoms with Gasteiger partial charge < -0.3 is 15.4 Å². The van der Waals surface area contributed by atoms with Gasteiger partial charge in [-0.05, 0) is 19.9 Å². The van der Waals surface area contributed by atoms with Gasteiger partial charge in [-0.25, -0.2) is 0 Å². The molecule has 1 aromatic heterocycles. The highest BCUT2D eigenvalue weighted by atomic mass is 16.5. The topological polar surface area (TPSA) is 68.2 Å². The summed E-state index contributed by atoms with van der Waals surface area (Å²) in [6.07, 6.45) is 0. The number of amides is 1. The van der Waals surface area contributed by atoms with E-state index >= 15 is 0 Å². The first-order valence-corrected chi connectivity index (χ1v) is 8.02. The Morgan fingerprint density at radius 3 is 3.04 bits per heavy atom. The average Bonchev–Trinajstić information content (AvgIpc) is 2.72. The molecule has 2 N–H and O–H groups in total. The lowest BCUT2D eigenvalue weighted by atomic mass is 9.96. The fourth-order valence-corrected chi connectivity index (χ4v) is 3.02. The number of aryl methyl sites for hydroxylation is 1. The molecule has 0 spiro atoms. The summed E-state index contributed by atoms with van der Waals surface area (Å²) < 4.78 is 7.34. The number of hydrogen-bond donors (Lipinski definition) is 2. The second-order valence-corrected chi connectivity index (χ2v) is 6.58. The van der Waals surface area contributed by atoms with E-state index in [2.05, 4.69) is 15.7 Å². The Balaban J connectivity index is 1.84. The lowest BCUT2D eigenvalue weighted by Crippen LogP contribution is -2.47. The van der Waals surface area contributed by atoms with Crippen LogP contribution in [0.5, 0.6) is 0 Å². The van der Waals surface area contributed by atoms with Gasteiger partial charge in [-0.1, -0.05) is 18.2 Å². The van der Waals surface area contributed by atoms with Gasteiger partial charge in [0.05, 0.1) is 35.9 Å². The van der Waals surface area contributed by atoms with Gasteiger partial charge in [-0.2, -0.15) is 5.10 Å². The maximum absolute atomic E-state index is 12.6. The van der Waals surface area contributed by atoms with E-state index in [-0.39, 0.29) is 11.8 Å². The largest absolute Gasteiger partial charge is 0.379 e. The zero-order valence-corrected chi connectivity index (χ0v) is 13.9. The van der Waals surface area contributed by atoms with Crippen LogP contribution in [-0.2, 0) is 22.1 Å². The number of ether oxygens (including phenoxy) is 1.